The maximum atomic E-state index is 11.1. The average molecular weight is 301 g/mol. The fraction of sp³-hybridized carbons (Fsp3) is 0.133. The molecule has 7 nitrogen and oxygen atoms in total. The van der Waals surface area contributed by atoms with Crippen LogP contribution in [0, 0.1) is 10.1 Å². The van der Waals surface area contributed by atoms with E-state index in [1.165, 1.54) is 18.2 Å². The molecule has 2 aromatic carbocycles. The minimum Gasteiger partial charge on any atom is -0.497 e. The molecule has 0 aliphatic rings. The summed E-state index contributed by atoms with van der Waals surface area (Å²) in [5.41, 5.74) is 6.30. The highest BCUT2D eigenvalue weighted by molar-refractivity contribution is 5.94. The molecule has 0 unspecified atom stereocenters. The van der Waals surface area contributed by atoms with Gasteiger partial charge < -0.3 is 15.8 Å². The lowest BCUT2D eigenvalue weighted by molar-refractivity contribution is -0.384. The predicted molar refractivity (Wildman–Crippen MR) is 81.9 cm³/mol. The molecule has 0 heterocycles. The number of primary amides is 1. The van der Waals surface area contributed by atoms with Gasteiger partial charge in [0.2, 0.25) is 5.91 Å². The van der Waals surface area contributed by atoms with Gasteiger partial charge in [0.05, 0.1) is 12.0 Å². The molecule has 7 heteroatoms. The minimum atomic E-state index is -0.704. The zero-order valence-electron chi connectivity index (χ0n) is 11.9. The Bertz CT molecular complexity index is 698. The van der Waals surface area contributed by atoms with E-state index in [4.69, 9.17) is 10.5 Å². The molecule has 114 valence electrons. The van der Waals surface area contributed by atoms with Crippen LogP contribution in [0.4, 0.5) is 11.4 Å². The van der Waals surface area contributed by atoms with Crippen molar-refractivity contribution in [1.29, 1.82) is 0 Å². The molecular formula is C15H15N3O4. The van der Waals surface area contributed by atoms with Crippen LogP contribution in [0.2, 0.25) is 0 Å². The molecule has 0 saturated heterocycles. The zero-order chi connectivity index (χ0) is 16.1. The number of methoxy groups -OCH3 is 1. The summed E-state index contributed by atoms with van der Waals surface area (Å²) in [6, 6.07) is 11.4. The Labute approximate surface area is 126 Å². The molecule has 0 fully saturated rings. The van der Waals surface area contributed by atoms with Gasteiger partial charge in [0.25, 0.3) is 5.69 Å². The third-order valence-corrected chi connectivity index (χ3v) is 3.12. The van der Waals surface area contributed by atoms with Crippen molar-refractivity contribution >= 4 is 17.3 Å². The zero-order valence-corrected chi connectivity index (χ0v) is 11.9. The average Bonchev–Trinajstić information content (AvgIpc) is 2.53. The monoisotopic (exact) mass is 301 g/mol. The second-order valence-corrected chi connectivity index (χ2v) is 4.55. The van der Waals surface area contributed by atoms with E-state index >= 15 is 0 Å². The molecule has 3 N–H and O–H groups in total. The number of nitrogens with zero attached hydrogens (tertiary/aromatic N) is 1. The molecule has 0 aliphatic carbocycles. The summed E-state index contributed by atoms with van der Waals surface area (Å²) in [5, 5.41) is 14.1. The molecule has 1 amide bonds. The number of nitro benzene ring substituents is 1. The molecule has 0 bridgehead atoms. The second kappa shape index (κ2) is 6.57. The number of nitrogens with two attached hydrogens (primary N) is 1. The van der Waals surface area contributed by atoms with Gasteiger partial charge in [-0.25, -0.2) is 0 Å². The fourth-order valence-corrected chi connectivity index (χ4v) is 1.93. The summed E-state index contributed by atoms with van der Waals surface area (Å²) < 4.78 is 5.06. The first-order chi connectivity index (χ1) is 10.5. The lowest BCUT2D eigenvalue weighted by Crippen LogP contribution is -2.12. The van der Waals surface area contributed by atoms with E-state index in [-0.39, 0.29) is 11.3 Å². The molecule has 22 heavy (non-hydrogen) atoms. The third kappa shape index (κ3) is 3.51. The van der Waals surface area contributed by atoms with Gasteiger partial charge >= 0.3 is 0 Å². The standard InChI is InChI=1S/C15H15N3O4/c1-22-12-5-2-10(3-6-12)9-17-13-7-4-11(15(16)19)8-14(13)18(20)21/h2-8,17H,9H2,1H3,(H2,16,19). The van der Waals surface area contributed by atoms with Crippen molar-refractivity contribution in [3.05, 3.63) is 63.7 Å². The first kappa shape index (κ1) is 15.3. The molecule has 0 radical (unpaired) electrons. The fourth-order valence-electron chi connectivity index (χ4n) is 1.93. The van der Waals surface area contributed by atoms with Gasteiger partial charge in [-0.15, -0.1) is 0 Å². The normalized spacial score (nSPS) is 10.0. The number of nitrogens with one attached hydrogen (secondary N) is 1. The molecule has 2 rings (SSSR count). The molecule has 0 saturated carbocycles. The molecule has 0 aromatic heterocycles. The van der Waals surface area contributed by atoms with Crippen LogP contribution in [0.25, 0.3) is 0 Å². The van der Waals surface area contributed by atoms with Gasteiger partial charge in [-0.1, -0.05) is 12.1 Å². The number of benzene rings is 2. The van der Waals surface area contributed by atoms with Gasteiger partial charge in [0.15, 0.2) is 0 Å². The molecule has 0 atom stereocenters. The van der Waals surface area contributed by atoms with Crippen molar-refractivity contribution in [3.8, 4) is 5.75 Å². The van der Waals surface area contributed by atoms with Crippen LogP contribution in [0.1, 0.15) is 15.9 Å². The number of hydrogen-bond donors (Lipinski definition) is 2. The number of ether oxygens (including phenoxy) is 1. The van der Waals surface area contributed by atoms with Gasteiger partial charge in [-0.3, -0.25) is 14.9 Å². The third-order valence-electron chi connectivity index (χ3n) is 3.12. The number of amides is 1. The van der Waals surface area contributed by atoms with Crippen molar-refractivity contribution in [2.45, 2.75) is 6.54 Å². The molecule has 0 spiro atoms. The Morgan fingerprint density at radius 3 is 2.50 bits per heavy atom. The van der Waals surface area contributed by atoms with E-state index in [9.17, 15) is 14.9 Å². The largest absolute Gasteiger partial charge is 0.497 e. The van der Waals surface area contributed by atoms with Crippen molar-refractivity contribution in [1.82, 2.24) is 0 Å². The minimum absolute atomic E-state index is 0.0988. The van der Waals surface area contributed by atoms with Crippen LogP contribution in [-0.4, -0.2) is 17.9 Å². The predicted octanol–water partition coefficient (Wildman–Crippen LogP) is 2.31. The highest BCUT2D eigenvalue weighted by Gasteiger charge is 2.16. The summed E-state index contributed by atoms with van der Waals surface area (Å²) in [7, 11) is 1.58. The van der Waals surface area contributed by atoms with Crippen LogP contribution >= 0.6 is 0 Å². The Kier molecular flexibility index (Phi) is 4.57. The Morgan fingerprint density at radius 2 is 1.95 bits per heavy atom. The smallest absolute Gasteiger partial charge is 0.293 e. The van der Waals surface area contributed by atoms with Gasteiger partial charge in [0.1, 0.15) is 11.4 Å². The van der Waals surface area contributed by atoms with Gasteiger partial charge in [-0.05, 0) is 29.8 Å². The maximum Gasteiger partial charge on any atom is 0.293 e. The van der Waals surface area contributed by atoms with Crippen LogP contribution in [0.15, 0.2) is 42.5 Å². The Morgan fingerprint density at radius 1 is 1.27 bits per heavy atom. The number of carbonyl (C=O) groups excluding carboxylic acids is 1. The number of hydrogen-bond acceptors (Lipinski definition) is 5. The summed E-state index contributed by atoms with van der Waals surface area (Å²) in [6.45, 7) is 0.404. The quantitative estimate of drug-likeness (QED) is 0.629. The number of nitro groups is 1. The first-order valence-corrected chi connectivity index (χ1v) is 6.46. The van der Waals surface area contributed by atoms with Gasteiger partial charge in [0, 0.05) is 18.2 Å². The number of rotatable bonds is 6. The van der Waals surface area contributed by atoms with Crippen LogP contribution in [-0.2, 0) is 6.54 Å². The highest BCUT2D eigenvalue weighted by Crippen LogP contribution is 2.26. The van der Waals surface area contributed by atoms with Crippen molar-refractivity contribution in [2.24, 2.45) is 5.73 Å². The molecule has 2 aromatic rings. The molecule has 0 aliphatic heterocycles. The number of carbonyl (C=O) groups is 1. The lowest BCUT2D eigenvalue weighted by atomic mass is 10.1. The maximum absolute atomic E-state index is 11.1. The van der Waals surface area contributed by atoms with Crippen molar-refractivity contribution < 1.29 is 14.5 Å². The van der Waals surface area contributed by atoms with E-state index < -0.39 is 10.8 Å². The summed E-state index contributed by atoms with van der Waals surface area (Å²) in [6.07, 6.45) is 0. The van der Waals surface area contributed by atoms with Gasteiger partial charge in [-0.2, -0.15) is 0 Å². The van der Waals surface area contributed by atoms with Crippen LogP contribution < -0.4 is 15.8 Å². The van der Waals surface area contributed by atoms with E-state index in [0.29, 0.717) is 12.2 Å². The van der Waals surface area contributed by atoms with Crippen molar-refractivity contribution in [2.75, 3.05) is 12.4 Å². The van der Waals surface area contributed by atoms with E-state index in [0.717, 1.165) is 11.3 Å². The van der Waals surface area contributed by atoms with E-state index in [1.807, 2.05) is 24.3 Å². The molecular weight excluding hydrogens is 286 g/mol. The Hall–Kier alpha value is -3.09. The SMILES string of the molecule is COc1ccc(CNc2ccc(C(N)=O)cc2[N+](=O)[O-])cc1. The summed E-state index contributed by atoms with van der Waals surface area (Å²) in [4.78, 5) is 21.6. The second-order valence-electron chi connectivity index (χ2n) is 4.55. The summed E-state index contributed by atoms with van der Waals surface area (Å²) in [5.74, 6) is 0.0327. The van der Waals surface area contributed by atoms with Crippen molar-refractivity contribution in [3.63, 3.8) is 0 Å². The first-order valence-electron chi connectivity index (χ1n) is 6.46. The lowest BCUT2D eigenvalue weighted by Gasteiger charge is -2.08. The Balaban J connectivity index is 2.17. The van der Waals surface area contributed by atoms with Crippen LogP contribution in [0.3, 0.4) is 0 Å². The van der Waals surface area contributed by atoms with E-state index in [1.54, 1.807) is 7.11 Å². The topological polar surface area (TPSA) is 107 Å². The number of anilines is 1. The van der Waals surface area contributed by atoms with Crippen LogP contribution in [0.5, 0.6) is 5.75 Å². The highest BCUT2D eigenvalue weighted by atomic mass is 16.6. The summed E-state index contributed by atoms with van der Waals surface area (Å²) >= 11 is 0. The van der Waals surface area contributed by atoms with E-state index in [2.05, 4.69) is 5.32 Å².